The molecule has 1 saturated heterocycles. The maximum Gasteiger partial charge on any atom is 0.341 e. The van der Waals surface area contributed by atoms with Crippen LogP contribution in [0.2, 0.25) is 0 Å². The Bertz CT molecular complexity index is 661. The number of thiophene rings is 1. The second-order valence-corrected chi connectivity index (χ2v) is 9.26. The fourth-order valence-electron chi connectivity index (χ4n) is 4.25. The quantitative estimate of drug-likeness (QED) is 0.450. The van der Waals surface area contributed by atoms with Gasteiger partial charge in [0.25, 0.3) is 0 Å². The summed E-state index contributed by atoms with van der Waals surface area (Å²) in [5.41, 5.74) is 1.92. The highest BCUT2D eigenvalue weighted by molar-refractivity contribution is 7.80. The van der Waals surface area contributed by atoms with Crippen molar-refractivity contribution < 1.29 is 9.53 Å². The van der Waals surface area contributed by atoms with Crippen molar-refractivity contribution in [1.82, 2.24) is 4.90 Å². The Labute approximate surface area is 166 Å². The molecule has 1 aromatic rings. The Morgan fingerprint density at radius 3 is 2.62 bits per heavy atom. The molecule has 1 fully saturated rings. The van der Waals surface area contributed by atoms with Crippen LogP contribution in [0.15, 0.2) is 0 Å². The van der Waals surface area contributed by atoms with Crippen molar-refractivity contribution in [2.75, 3.05) is 25.0 Å². The number of carbonyl (C=O) groups excluding carboxylic acids is 1. The van der Waals surface area contributed by atoms with E-state index in [1.165, 1.54) is 29.7 Å². The van der Waals surface area contributed by atoms with E-state index in [1.54, 1.807) is 11.3 Å². The van der Waals surface area contributed by atoms with Crippen LogP contribution in [0.1, 0.15) is 67.3 Å². The smallest absolute Gasteiger partial charge is 0.341 e. The van der Waals surface area contributed by atoms with Crippen LogP contribution in [0.5, 0.6) is 0 Å². The second-order valence-electron chi connectivity index (χ2n) is 7.77. The Morgan fingerprint density at radius 2 is 1.92 bits per heavy atom. The summed E-state index contributed by atoms with van der Waals surface area (Å²) in [6, 6.07) is 0. The summed E-state index contributed by atoms with van der Waals surface area (Å²) in [4.78, 5) is 16.2. The number of fused-ring (bicyclic) bond motifs is 1. The largest absolute Gasteiger partial charge is 0.462 e. The zero-order valence-corrected chi connectivity index (χ0v) is 17.7. The summed E-state index contributed by atoms with van der Waals surface area (Å²) in [6.07, 6.45) is 6.84. The van der Waals surface area contributed by atoms with Gasteiger partial charge in [-0.3, -0.25) is 0 Å². The van der Waals surface area contributed by atoms with Gasteiger partial charge in [0.2, 0.25) is 0 Å². The van der Waals surface area contributed by atoms with E-state index in [9.17, 15) is 4.79 Å². The van der Waals surface area contributed by atoms with Gasteiger partial charge in [0.05, 0.1) is 12.2 Å². The molecule has 0 radical (unpaired) electrons. The van der Waals surface area contributed by atoms with Crippen LogP contribution in [0.4, 0.5) is 5.00 Å². The van der Waals surface area contributed by atoms with Gasteiger partial charge >= 0.3 is 5.97 Å². The van der Waals surface area contributed by atoms with Crippen LogP contribution in [0, 0.1) is 11.8 Å². The number of likely N-dealkylation sites (tertiary alicyclic amines) is 1. The van der Waals surface area contributed by atoms with E-state index in [0.717, 1.165) is 48.0 Å². The first-order valence-electron chi connectivity index (χ1n) is 9.87. The first-order valence-corrected chi connectivity index (χ1v) is 11.1. The topological polar surface area (TPSA) is 41.6 Å². The minimum atomic E-state index is -0.211. The van der Waals surface area contributed by atoms with Gasteiger partial charge in [-0.15, -0.1) is 11.3 Å². The summed E-state index contributed by atoms with van der Waals surface area (Å²) in [5, 5.41) is 5.04. The Balaban J connectivity index is 1.84. The van der Waals surface area contributed by atoms with Crippen molar-refractivity contribution in [2.24, 2.45) is 11.8 Å². The minimum Gasteiger partial charge on any atom is -0.462 e. The number of rotatable bonds is 3. The number of piperidine rings is 1. The first-order chi connectivity index (χ1) is 12.5. The lowest BCUT2D eigenvalue weighted by Crippen LogP contribution is -2.44. The Kier molecular flexibility index (Phi) is 6.56. The molecule has 3 rings (SSSR count). The van der Waals surface area contributed by atoms with Gasteiger partial charge in [-0.2, -0.15) is 0 Å². The molecule has 0 aromatic carbocycles. The number of thiocarbonyl (C=S) groups is 1. The van der Waals surface area contributed by atoms with Gasteiger partial charge in [-0.1, -0.05) is 20.3 Å². The van der Waals surface area contributed by atoms with Crippen molar-refractivity contribution in [1.29, 1.82) is 0 Å². The van der Waals surface area contributed by atoms with Crippen LogP contribution >= 0.6 is 23.6 Å². The predicted molar refractivity (Wildman–Crippen MR) is 112 cm³/mol. The van der Waals surface area contributed by atoms with E-state index in [-0.39, 0.29) is 5.97 Å². The molecule has 2 atom stereocenters. The lowest BCUT2D eigenvalue weighted by Gasteiger charge is -2.36. The van der Waals surface area contributed by atoms with E-state index < -0.39 is 0 Å². The normalized spacial score (nSPS) is 23.1. The summed E-state index contributed by atoms with van der Waals surface area (Å²) in [7, 11) is 0. The highest BCUT2D eigenvalue weighted by atomic mass is 32.1. The Morgan fingerprint density at radius 1 is 1.23 bits per heavy atom. The molecule has 26 heavy (non-hydrogen) atoms. The van der Waals surface area contributed by atoms with Crippen molar-refractivity contribution >= 4 is 39.6 Å². The number of anilines is 1. The van der Waals surface area contributed by atoms with Gasteiger partial charge in [0, 0.05) is 18.0 Å². The molecule has 144 valence electrons. The average molecular weight is 395 g/mol. The maximum absolute atomic E-state index is 12.7. The lowest BCUT2D eigenvalue weighted by atomic mass is 9.92. The maximum atomic E-state index is 12.7. The van der Waals surface area contributed by atoms with E-state index in [4.69, 9.17) is 17.0 Å². The SMILES string of the molecule is CCOC(=O)c1c(NC(=S)N2C[C@H](C)C[C@@H](C)C2)sc2c1CCCCC2. The van der Waals surface area contributed by atoms with Gasteiger partial charge in [0.1, 0.15) is 5.00 Å². The molecule has 1 aliphatic carbocycles. The highest BCUT2D eigenvalue weighted by Crippen LogP contribution is 2.38. The molecular weight excluding hydrogens is 364 g/mol. The van der Waals surface area contributed by atoms with Crippen molar-refractivity contribution in [3.8, 4) is 0 Å². The molecule has 0 unspecified atom stereocenters. The molecule has 2 aliphatic rings. The number of ether oxygens (including phenoxy) is 1. The number of nitrogens with zero attached hydrogens (tertiary/aromatic N) is 1. The third-order valence-corrected chi connectivity index (χ3v) is 6.84. The van der Waals surface area contributed by atoms with Crippen LogP contribution in [0.3, 0.4) is 0 Å². The zero-order chi connectivity index (χ0) is 18.7. The number of hydrogen-bond donors (Lipinski definition) is 1. The molecule has 2 heterocycles. The third-order valence-electron chi connectivity index (χ3n) is 5.28. The van der Waals surface area contributed by atoms with Gasteiger partial charge < -0.3 is 15.0 Å². The van der Waals surface area contributed by atoms with E-state index in [0.29, 0.717) is 18.4 Å². The first kappa shape index (κ1) is 19.6. The van der Waals surface area contributed by atoms with E-state index in [2.05, 4.69) is 24.1 Å². The van der Waals surface area contributed by atoms with E-state index in [1.807, 2.05) is 6.92 Å². The standard InChI is InChI=1S/C20H30N2O2S2/c1-4-24-19(23)17-15-8-6-5-7-9-16(15)26-18(17)21-20(25)22-11-13(2)10-14(3)12-22/h13-14H,4-12H2,1-3H3,(H,21,25)/t13-,14-/m1/s1. The van der Waals surface area contributed by atoms with Crippen LogP contribution in [0.25, 0.3) is 0 Å². The summed E-state index contributed by atoms with van der Waals surface area (Å²) in [5.74, 6) is 1.07. The molecule has 6 heteroatoms. The summed E-state index contributed by atoms with van der Waals surface area (Å²) in [6.45, 7) is 8.78. The monoisotopic (exact) mass is 394 g/mol. The lowest BCUT2D eigenvalue weighted by molar-refractivity contribution is 0.0527. The molecule has 0 saturated carbocycles. The second kappa shape index (κ2) is 8.70. The van der Waals surface area contributed by atoms with Crippen molar-refractivity contribution in [3.63, 3.8) is 0 Å². The van der Waals surface area contributed by atoms with E-state index >= 15 is 0 Å². The fraction of sp³-hybridized carbons (Fsp3) is 0.700. The summed E-state index contributed by atoms with van der Waals surface area (Å²) < 4.78 is 5.37. The van der Waals surface area contributed by atoms with Gasteiger partial charge in [-0.05, 0) is 68.6 Å². The number of hydrogen-bond acceptors (Lipinski definition) is 4. The molecule has 4 nitrogen and oxygen atoms in total. The molecule has 0 spiro atoms. The number of esters is 1. The predicted octanol–water partition coefficient (Wildman–Crippen LogP) is 4.87. The molecular formula is C20H30N2O2S2. The molecule has 0 amide bonds. The Hall–Kier alpha value is -1.14. The fourth-order valence-corrected chi connectivity index (χ4v) is 5.85. The van der Waals surface area contributed by atoms with Crippen molar-refractivity contribution in [2.45, 2.75) is 59.3 Å². The molecule has 1 aromatic heterocycles. The van der Waals surface area contributed by atoms with Gasteiger partial charge in [0.15, 0.2) is 5.11 Å². The van der Waals surface area contributed by atoms with Crippen LogP contribution < -0.4 is 5.32 Å². The van der Waals surface area contributed by atoms with Crippen LogP contribution in [-0.2, 0) is 17.6 Å². The van der Waals surface area contributed by atoms with Crippen LogP contribution in [-0.4, -0.2) is 35.7 Å². The summed E-state index contributed by atoms with van der Waals surface area (Å²) >= 11 is 7.41. The average Bonchev–Trinajstić information content (AvgIpc) is 2.75. The zero-order valence-electron chi connectivity index (χ0n) is 16.1. The van der Waals surface area contributed by atoms with Gasteiger partial charge in [-0.25, -0.2) is 4.79 Å². The number of aryl methyl sites for hydroxylation is 1. The third kappa shape index (κ3) is 4.39. The number of carbonyl (C=O) groups is 1. The highest BCUT2D eigenvalue weighted by Gasteiger charge is 2.28. The molecule has 1 N–H and O–H groups in total. The minimum absolute atomic E-state index is 0.211. The molecule has 0 bridgehead atoms. The molecule has 1 aliphatic heterocycles. The van der Waals surface area contributed by atoms with Crippen molar-refractivity contribution in [3.05, 3.63) is 16.0 Å². The number of nitrogens with one attached hydrogen (secondary N) is 1.